The molecular weight excluding hydrogens is 386 g/mol. The molecule has 0 radical (unpaired) electrons. The summed E-state index contributed by atoms with van der Waals surface area (Å²) in [6, 6.07) is 9.44. The van der Waals surface area contributed by atoms with E-state index in [4.69, 9.17) is 9.73 Å². The van der Waals surface area contributed by atoms with Crippen molar-refractivity contribution in [2.75, 3.05) is 18.0 Å². The number of ether oxygens (including phenoxy) is 1. The van der Waals surface area contributed by atoms with Crippen LogP contribution in [-0.2, 0) is 9.53 Å². The van der Waals surface area contributed by atoms with Gasteiger partial charge < -0.3 is 9.64 Å². The van der Waals surface area contributed by atoms with Crippen LogP contribution in [0, 0.1) is 0 Å². The molecule has 1 aliphatic heterocycles. The molecule has 0 unspecified atom stereocenters. The minimum absolute atomic E-state index is 0.0192. The molecule has 3 aliphatic rings. The van der Waals surface area contributed by atoms with Gasteiger partial charge in [-0.15, -0.1) is 0 Å². The van der Waals surface area contributed by atoms with Gasteiger partial charge in [0.05, 0.1) is 6.04 Å². The lowest BCUT2D eigenvalue weighted by molar-refractivity contribution is -0.124. The van der Waals surface area contributed by atoms with E-state index in [9.17, 15) is 4.79 Å². The summed E-state index contributed by atoms with van der Waals surface area (Å²) in [5, 5.41) is 0. The highest BCUT2D eigenvalue weighted by Gasteiger charge is 2.40. The molecule has 1 amide bonds. The number of hydrogen-bond donors (Lipinski definition) is 0. The highest BCUT2D eigenvalue weighted by Crippen LogP contribution is 2.31. The van der Waals surface area contributed by atoms with E-state index in [1.807, 2.05) is 11.0 Å². The van der Waals surface area contributed by atoms with Crippen molar-refractivity contribution >= 4 is 23.7 Å². The number of amides is 1. The minimum atomic E-state index is -0.0192. The first-order valence-electron chi connectivity index (χ1n) is 12.4. The molecule has 0 N–H and O–H groups in total. The Balaban J connectivity index is 1.57. The van der Waals surface area contributed by atoms with Gasteiger partial charge in [0.25, 0.3) is 5.91 Å². The lowest BCUT2D eigenvalue weighted by atomic mass is 9.94. The van der Waals surface area contributed by atoms with Crippen molar-refractivity contribution in [2.45, 2.75) is 90.1 Å². The Morgan fingerprint density at radius 1 is 0.968 bits per heavy atom. The maximum Gasteiger partial charge on any atom is 0.300 e. The zero-order valence-electron chi connectivity index (χ0n) is 19.2. The van der Waals surface area contributed by atoms with Gasteiger partial charge in [0, 0.05) is 24.8 Å². The summed E-state index contributed by atoms with van der Waals surface area (Å²) in [4.78, 5) is 22.5. The third-order valence-corrected chi connectivity index (χ3v) is 6.96. The standard InChI is InChI=1S/C26H37N3O2/c1-3-28(4-2)22-17-15-20(16-18-22)19-24-25(30)29(23-13-9-6-10-14-23)26(31-24)27-21-11-7-5-8-12-21/h15-19,21,23H,3-14H2,1-2H3/b24-19+,27-26-. The zero-order valence-corrected chi connectivity index (χ0v) is 19.2. The fraction of sp³-hybridized carbons (Fsp3) is 0.615. The number of rotatable bonds is 6. The molecule has 5 heteroatoms. The summed E-state index contributed by atoms with van der Waals surface area (Å²) in [7, 11) is 0. The largest absolute Gasteiger partial charge is 0.420 e. The van der Waals surface area contributed by atoms with Crippen molar-refractivity contribution in [1.29, 1.82) is 0 Å². The van der Waals surface area contributed by atoms with Crippen LogP contribution in [0.25, 0.3) is 6.08 Å². The molecule has 31 heavy (non-hydrogen) atoms. The maximum atomic E-state index is 13.4. The summed E-state index contributed by atoms with van der Waals surface area (Å²) < 4.78 is 6.14. The Kier molecular flexibility index (Phi) is 7.31. The van der Waals surface area contributed by atoms with Crippen LogP contribution in [0.15, 0.2) is 35.0 Å². The summed E-state index contributed by atoms with van der Waals surface area (Å²) in [6.07, 6.45) is 13.5. The van der Waals surface area contributed by atoms with Gasteiger partial charge in [-0.25, -0.2) is 4.99 Å². The van der Waals surface area contributed by atoms with Crippen LogP contribution >= 0.6 is 0 Å². The predicted octanol–water partition coefficient (Wildman–Crippen LogP) is 5.75. The van der Waals surface area contributed by atoms with Gasteiger partial charge in [-0.2, -0.15) is 0 Å². The van der Waals surface area contributed by atoms with Gasteiger partial charge in [-0.05, 0) is 63.3 Å². The number of aliphatic imine (C=N–C) groups is 1. The lowest BCUT2D eigenvalue weighted by Gasteiger charge is -2.29. The molecule has 168 valence electrons. The van der Waals surface area contributed by atoms with Crippen LogP contribution in [0.2, 0.25) is 0 Å². The second-order valence-electron chi connectivity index (χ2n) is 9.04. The Bertz CT molecular complexity index is 798. The lowest BCUT2D eigenvalue weighted by Crippen LogP contribution is -2.41. The molecule has 3 fully saturated rings. The quantitative estimate of drug-likeness (QED) is 0.547. The first kappa shape index (κ1) is 21.9. The van der Waals surface area contributed by atoms with Crippen LogP contribution in [-0.4, -0.2) is 42.0 Å². The summed E-state index contributed by atoms with van der Waals surface area (Å²) in [6.45, 7) is 6.29. The number of carbonyl (C=O) groups is 1. The van der Waals surface area contributed by atoms with Crippen LogP contribution in [0.3, 0.4) is 0 Å². The fourth-order valence-corrected chi connectivity index (χ4v) is 5.13. The fourth-order valence-electron chi connectivity index (χ4n) is 5.13. The van der Waals surface area contributed by atoms with Crippen LogP contribution in [0.1, 0.15) is 83.6 Å². The third kappa shape index (κ3) is 5.13. The van der Waals surface area contributed by atoms with E-state index in [-0.39, 0.29) is 18.0 Å². The van der Waals surface area contributed by atoms with Crippen molar-refractivity contribution in [3.05, 3.63) is 35.6 Å². The number of benzene rings is 1. The molecule has 1 aromatic carbocycles. The van der Waals surface area contributed by atoms with Gasteiger partial charge in [0.1, 0.15) is 0 Å². The van der Waals surface area contributed by atoms with E-state index >= 15 is 0 Å². The zero-order chi connectivity index (χ0) is 21.6. The summed E-state index contributed by atoms with van der Waals surface area (Å²) in [5.74, 6) is 0.394. The topological polar surface area (TPSA) is 45.1 Å². The average molecular weight is 424 g/mol. The van der Waals surface area contributed by atoms with Crippen LogP contribution in [0.5, 0.6) is 0 Å². The SMILES string of the molecule is CCN(CC)c1ccc(/C=C2/O/C(=N\C3CCCCC3)N(C3CCCCC3)C2=O)cc1. The molecule has 2 aliphatic carbocycles. The normalized spacial score (nSPS) is 23.5. The van der Waals surface area contributed by atoms with E-state index in [0.717, 1.165) is 44.3 Å². The molecule has 0 bridgehead atoms. The molecule has 0 aromatic heterocycles. The van der Waals surface area contributed by atoms with Gasteiger partial charge in [0.2, 0.25) is 0 Å². The maximum absolute atomic E-state index is 13.4. The number of carbonyl (C=O) groups excluding carboxylic acids is 1. The Hall–Kier alpha value is -2.30. The Labute approximate surface area is 187 Å². The first-order valence-corrected chi connectivity index (χ1v) is 12.4. The van der Waals surface area contributed by atoms with E-state index < -0.39 is 0 Å². The number of nitrogens with zero attached hydrogens (tertiary/aromatic N) is 3. The van der Waals surface area contributed by atoms with Gasteiger partial charge >= 0.3 is 6.02 Å². The van der Waals surface area contributed by atoms with Gasteiger partial charge in [0.15, 0.2) is 5.76 Å². The molecule has 1 heterocycles. The van der Waals surface area contributed by atoms with Crippen molar-refractivity contribution < 1.29 is 9.53 Å². The van der Waals surface area contributed by atoms with Crippen LogP contribution in [0.4, 0.5) is 5.69 Å². The second kappa shape index (κ2) is 10.3. The Morgan fingerprint density at radius 2 is 1.58 bits per heavy atom. The van der Waals surface area contributed by atoms with Crippen molar-refractivity contribution in [1.82, 2.24) is 4.90 Å². The first-order chi connectivity index (χ1) is 15.2. The van der Waals surface area contributed by atoms with Gasteiger partial charge in [-0.3, -0.25) is 9.69 Å². The molecule has 1 aromatic rings. The van der Waals surface area contributed by atoms with Crippen molar-refractivity contribution in [3.63, 3.8) is 0 Å². The van der Waals surface area contributed by atoms with E-state index in [1.165, 1.54) is 44.2 Å². The third-order valence-electron chi connectivity index (χ3n) is 6.96. The predicted molar refractivity (Wildman–Crippen MR) is 127 cm³/mol. The molecule has 2 saturated carbocycles. The highest BCUT2D eigenvalue weighted by molar-refractivity contribution is 6.11. The second-order valence-corrected chi connectivity index (χ2v) is 9.04. The molecule has 0 atom stereocenters. The molecule has 4 rings (SSSR count). The number of amidine groups is 1. The van der Waals surface area contributed by atoms with Crippen molar-refractivity contribution in [2.24, 2.45) is 4.99 Å². The average Bonchev–Trinajstić information content (AvgIpc) is 3.11. The summed E-state index contributed by atoms with van der Waals surface area (Å²) in [5.41, 5.74) is 2.19. The highest BCUT2D eigenvalue weighted by atomic mass is 16.5. The van der Waals surface area contributed by atoms with Crippen LogP contribution < -0.4 is 4.90 Å². The molecular formula is C26H37N3O2. The number of hydrogen-bond acceptors (Lipinski definition) is 4. The molecule has 5 nitrogen and oxygen atoms in total. The monoisotopic (exact) mass is 423 g/mol. The minimum Gasteiger partial charge on any atom is -0.420 e. The molecule has 0 spiro atoms. The van der Waals surface area contributed by atoms with E-state index in [1.54, 1.807) is 0 Å². The van der Waals surface area contributed by atoms with E-state index in [2.05, 4.69) is 43.0 Å². The van der Waals surface area contributed by atoms with E-state index in [0.29, 0.717) is 11.8 Å². The number of anilines is 1. The van der Waals surface area contributed by atoms with Gasteiger partial charge in [-0.1, -0.05) is 50.7 Å². The van der Waals surface area contributed by atoms with Crippen molar-refractivity contribution in [3.8, 4) is 0 Å². The smallest absolute Gasteiger partial charge is 0.300 e. The summed E-state index contributed by atoms with van der Waals surface area (Å²) >= 11 is 0. The Morgan fingerprint density at radius 3 is 2.19 bits per heavy atom. The molecule has 1 saturated heterocycles.